The minimum absolute atomic E-state index is 0.0325. The van der Waals surface area contributed by atoms with Crippen molar-refractivity contribution in [1.29, 1.82) is 0 Å². The summed E-state index contributed by atoms with van der Waals surface area (Å²) in [7, 11) is 0. The third kappa shape index (κ3) is 5.56. The van der Waals surface area contributed by atoms with E-state index in [9.17, 15) is 9.59 Å². The lowest BCUT2D eigenvalue weighted by molar-refractivity contribution is -0.138. The number of thioether (sulfide) groups is 1. The van der Waals surface area contributed by atoms with Crippen LogP contribution in [0, 0.1) is 0 Å². The number of carboxylic acids is 1. The Balaban J connectivity index is 2.18. The third-order valence-corrected chi connectivity index (χ3v) is 5.24. The summed E-state index contributed by atoms with van der Waals surface area (Å²) in [5.41, 5.74) is 0.499. The van der Waals surface area contributed by atoms with Crippen LogP contribution in [-0.4, -0.2) is 59.2 Å². The van der Waals surface area contributed by atoms with Gasteiger partial charge in [0, 0.05) is 23.6 Å². The number of amides is 1. The number of benzene rings is 1. The van der Waals surface area contributed by atoms with E-state index in [1.165, 1.54) is 0 Å². The van der Waals surface area contributed by atoms with Crippen LogP contribution < -0.4 is 9.47 Å². The van der Waals surface area contributed by atoms with Crippen molar-refractivity contribution in [1.82, 2.24) is 4.90 Å². The fourth-order valence-corrected chi connectivity index (χ4v) is 3.88. The summed E-state index contributed by atoms with van der Waals surface area (Å²) in [5, 5.41) is 9.11. The minimum Gasteiger partial charge on any atom is -0.490 e. The lowest BCUT2D eigenvalue weighted by Gasteiger charge is -2.34. The number of nitrogens with zero attached hydrogens (tertiary/aromatic N) is 1. The van der Waals surface area contributed by atoms with Crippen molar-refractivity contribution < 1.29 is 24.2 Å². The maximum Gasteiger partial charge on any atom is 0.305 e. The predicted molar refractivity (Wildman–Crippen MR) is 102 cm³/mol. The van der Waals surface area contributed by atoms with E-state index in [0.717, 1.165) is 18.6 Å². The van der Waals surface area contributed by atoms with Crippen LogP contribution in [0.3, 0.4) is 0 Å². The van der Waals surface area contributed by atoms with Gasteiger partial charge < -0.3 is 19.5 Å². The Hall–Kier alpha value is -1.89. The average molecular weight is 381 g/mol. The smallest absolute Gasteiger partial charge is 0.305 e. The molecule has 6 nitrogen and oxygen atoms in total. The molecule has 1 aromatic carbocycles. The first-order valence-electron chi connectivity index (χ1n) is 9.07. The highest BCUT2D eigenvalue weighted by atomic mass is 32.2. The summed E-state index contributed by atoms with van der Waals surface area (Å²) < 4.78 is 11.4. The van der Waals surface area contributed by atoms with E-state index in [2.05, 4.69) is 6.92 Å². The topological polar surface area (TPSA) is 76.1 Å². The van der Waals surface area contributed by atoms with Gasteiger partial charge in [-0.25, -0.2) is 0 Å². The van der Waals surface area contributed by atoms with Crippen molar-refractivity contribution in [3.63, 3.8) is 0 Å². The number of ether oxygens (including phenoxy) is 2. The molecule has 0 bridgehead atoms. The van der Waals surface area contributed by atoms with Gasteiger partial charge in [-0.15, -0.1) is 0 Å². The van der Waals surface area contributed by atoms with Crippen LogP contribution in [0.25, 0.3) is 0 Å². The van der Waals surface area contributed by atoms with E-state index in [4.69, 9.17) is 14.6 Å². The molecule has 1 aliphatic heterocycles. The minimum atomic E-state index is -0.884. The molecule has 26 heavy (non-hydrogen) atoms. The zero-order chi connectivity index (χ0) is 18.9. The van der Waals surface area contributed by atoms with Crippen molar-refractivity contribution in [3.05, 3.63) is 23.8 Å². The van der Waals surface area contributed by atoms with Crippen molar-refractivity contribution >= 4 is 23.6 Å². The second-order valence-electron chi connectivity index (χ2n) is 6.12. The van der Waals surface area contributed by atoms with Gasteiger partial charge in [0.25, 0.3) is 5.91 Å². The lowest BCUT2D eigenvalue weighted by Crippen LogP contribution is -2.47. The fourth-order valence-electron chi connectivity index (χ4n) is 2.81. The van der Waals surface area contributed by atoms with Gasteiger partial charge in [0.05, 0.1) is 25.7 Å². The highest BCUT2D eigenvalue weighted by molar-refractivity contribution is 7.99. The van der Waals surface area contributed by atoms with Crippen LogP contribution in [0.15, 0.2) is 18.2 Å². The summed E-state index contributed by atoms with van der Waals surface area (Å²) in [4.78, 5) is 25.7. The molecule has 1 atom stereocenters. The molecule has 1 N–H and O–H groups in total. The molecule has 0 aromatic heterocycles. The molecule has 7 heteroatoms. The predicted octanol–water partition coefficient (Wildman–Crippen LogP) is 3.30. The Morgan fingerprint density at radius 1 is 1.27 bits per heavy atom. The zero-order valence-corrected chi connectivity index (χ0v) is 16.2. The molecule has 1 aromatic rings. The van der Waals surface area contributed by atoms with E-state index >= 15 is 0 Å². The molecule has 0 spiro atoms. The first kappa shape index (κ1) is 20.4. The molecule has 1 heterocycles. The monoisotopic (exact) mass is 381 g/mol. The van der Waals surface area contributed by atoms with E-state index in [-0.39, 0.29) is 18.4 Å². The molecule has 144 valence electrons. The van der Waals surface area contributed by atoms with Gasteiger partial charge in [-0.1, -0.05) is 13.3 Å². The van der Waals surface area contributed by atoms with Crippen molar-refractivity contribution in [2.24, 2.45) is 0 Å². The van der Waals surface area contributed by atoms with Crippen molar-refractivity contribution in [2.45, 2.75) is 39.2 Å². The molecule has 1 aliphatic rings. The molecule has 0 aliphatic carbocycles. The van der Waals surface area contributed by atoms with Gasteiger partial charge in [0.1, 0.15) is 0 Å². The van der Waals surface area contributed by atoms with E-state index < -0.39 is 5.97 Å². The molecule has 0 radical (unpaired) electrons. The Morgan fingerprint density at radius 2 is 2.08 bits per heavy atom. The number of rotatable bonds is 9. The first-order valence-corrected chi connectivity index (χ1v) is 10.2. The SMILES string of the molecule is CCCCOc1ccc(C(=O)N2CCSCC2CC(=O)O)cc1OCC. The molecule has 1 amide bonds. The van der Waals surface area contributed by atoms with Crippen LogP contribution in [0.5, 0.6) is 11.5 Å². The van der Waals surface area contributed by atoms with Crippen LogP contribution in [0.2, 0.25) is 0 Å². The molecule has 2 rings (SSSR count). The van der Waals surface area contributed by atoms with Crippen LogP contribution in [0.1, 0.15) is 43.5 Å². The number of hydrogen-bond donors (Lipinski definition) is 1. The summed E-state index contributed by atoms with van der Waals surface area (Å²) in [6.45, 7) is 5.62. The Kier molecular flexibility index (Phi) is 8.09. The molecule has 1 fully saturated rings. The average Bonchev–Trinajstić information content (AvgIpc) is 2.62. The third-order valence-electron chi connectivity index (χ3n) is 4.14. The Bertz CT molecular complexity index is 622. The Morgan fingerprint density at radius 3 is 2.77 bits per heavy atom. The Labute approximate surface area is 158 Å². The molecule has 1 saturated heterocycles. The summed E-state index contributed by atoms with van der Waals surface area (Å²) >= 11 is 1.68. The van der Waals surface area contributed by atoms with Crippen molar-refractivity contribution in [3.8, 4) is 11.5 Å². The highest BCUT2D eigenvalue weighted by Gasteiger charge is 2.30. The van der Waals surface area contributed by atoms with Crippen LogP contribution in [0.4, 0.5) is 0 Å². The van der Waals surface area contributed by atoms with Gasteiger partial charge in [-0.05, 0) is 31.5 Å². The maximum absolute atomic E-state index is 12.9. The van der Waals surface area contributed by atoms with E-state index in [1.807, 2.05) is 6.92 Å². The maximum atomic E-state index is 12.9. The largest absolute Gasteiger partial charge is 0.490 e. The fraction of sp³-hybridized carbons (Fsp3) is 0.579. The van der Waals surface area contributed by atoms with Gasteiger partial charge in [0.2, 0.25) is 0 Å². The molecular formula is C19H27NO5S. The summed E-state index contributed by atoms with van der Waals surface area (Å²) in [6.07, 6.45) is 1.96. The number of carboxylic acid groups (broad SMARTS) is 1. The molecular weight excluding hydrogens is 354 g/mol. The second-order valence-corrected chi connectivity index (χ2v) is 7.27. The second kappa shape index (κ2) is 10.3. The van der Waals surface area contributed by atoms with Gasteiger partial charge >= 0.3 is 5.97 Å². The number of aliphatic carboxylic acids is 1. The zero-order valence-electron chi connectivity index (χ0n) is 15.4. The highest BCUT2D eigenvalue weighted by Crippen LogP contribution is 2.30. The summed E-state index contributed by atoms with van der Waals surface area (Å²) in [6, 6.07) is 4.91. The number of unbranched alkanes of at least 4 members (excludes halogenated alkanes) is 1. The molecule has 1 unspecified atom stereocenters. The van der Waals surface area contributed by atoms with Gasteiger partial charge in [-0.2, -0.15) is 11.8 Å². The first-order chi connectivity index (χ1) is 12.6. The molecule has 0 saturated carbocycles. The normalized spacial score (nSPS) is 17.0. The van der Waals surface area contributed by atoms with E-state index in [1.54, 1.807) is 34.9 Å². The number of hydrogen-bond acceptors (Lipinski definition) is 5. The van der Waals surface area contributed by atoms with Crippen LogP contribution in [-0.2, 0) is 4.79 Å². The quantitative estimate of drug-likeness (QED) is 0.662. The van der Waals surface area contributed by atoms with Crippen molar-refractivity contribution in [2.75, 3.05) is 31.3 Å². The standard InChI is InChI=1S/C19H27NO5S/c1-3-5-9-25-16-7-6-14(11-17(16)24-4-2)19(23)20-8-10-26-13-15(20)12-18(21)22/h6-7,11,15H,3-5,8-10,12-13H2,1-2H3,(H,21,22). The summed E-state index contributed by atoms with van der Waals surface area (Å²) in [5.74, 6) is 1.61. The van der Waals surface area contributed by atoms with Gasteiger partial charge in [0.15, 0.2) is 11.5 Å². The lowest BCUT2D eigenvalue weighted by atomic mass is 10.1. The number of carbonyl (C=O) groups is 2. The van der Waals surface area contributed by atoms with E-state index in [0.29, 0.717) is 42.6 Å². The van der Waals surface area contributed by atoms with Crippen LogP contribution >= 0.6 is 11.8 Å². The van der Waals surface area contributed by atoms with Gasteiger partial charge in [-0.3, -0.25) is 9.59 Å². The number of carbonyl (C=O) groups excluding carboxylic acids is 1.